The predicted octanol–water partition coefficient (Wildman–Crippen LogP) is 13.7. The summed E-state index contributed by atoms with van der Waals surface area (Å²) in [5, 5.41) is 25.6. The molecule has 0 unspecified atom stereocenters. The lowest BCUT2D eigenvalue weighted by Gasteiger charge is -2.28. The van der Waals surface area contributed by atoms with Gasteiger partial charge in [-0.1, -0.05) is 132 Å². The van der Waals surface area contributed by atoms with Crippen LogP contribution in [-0.2, 0) is 61.6 Å². The summed E-state index contributed by atoms with van der Waals surface area (Å²) in [6, 6.07) is 32.7. The molecule has 6 aromatic carbocycles. The summed E-state index contributed by atoms with van der Waals surface area (Å²) in [7, 11) is 0. The van der Waals surface area contributed by atoms with Crippen molar-refractivity contribution in [3.63, 3.8) is 0 Å². The Bertz CT molecular complexity index is 2680. The summed E-state index contributed by atoms with van der Waals surface area (Å²) < 4.78 is 55.5. The van der Waals surface area contributed by atoms with E-state index in [-0.39, 0.29) is 59.6 Å². The Morgan fingerprint density at radius 1 is 0.266 bits per heavy atom. The molecule has 0 fully saturated rings. The van der Waals surface area contributed by atoms with E-state index in [1.54, 1.807) is 0 Å². The minimum absolute atomic E-state index is 0.236. The summed E-state index contributed by atoms with van der Waals surface area (Å²) in [4.78, 5) is 0. The highest BCUT2D eigenvalue weighted by Gasteiger charge is 2.29. The fourth-order valence-corrected chi connectivity index (χ4v) is 9.87. The topological polar surface area (TPSA) is 124 Å². The minimum Gasteiger partial charge on any atom is -0.507 e. The third kappa shape index (κ3) is 15.9. The number of phenols is 2. The molecule has 11 nitrogen and oxygen atoms in total. The Hall–Kier alpha value is -6.40. The Labute approximate surface area is 470 Å². The van der Waals surface area contributed by atoms with E-state index in [1.807, 2.05) is 48.5 Å². The highest BCUT2D eigenvalue weighted by atomic mass is 16.6. The number of aromatic hydroxyl groups is 2. The molecule has 0 atom stereocenters. The average molecular weight is 1080 g/mol. The van der Waals surface area contributed by atoms with Crippen LogP contribution in [0.25, 0.3) is 0 Å². The molecule has 79 heavy (non-hydrogen) atoms. The van der Waals surface area contributed by atoms with Crippen molar-refractivity contribution in [3.8, 4) is 46.0 Å². The van der Waals surface area contributed by atoms with Crippen LogP contribution in [0.5, 0.6) is 46.0 Å². The molecule has 0 saturated carbocycles. The molecular weight excluding hydrogens is 993 g/mol. The lowest BCUT2D eigenvalue weighted by atomic mass is 9.79. The van der Waals surface area contributed by atoms with Gasteiger partial charge in [0, 0.05) is 25.7 Å². The van der Waals surface area contributed by atoms with Gasteiger partial charge in [-0.25, -0.2) is 0 Å². The number of ether oxygens (including phenoxy) is 9. The SMILES string of the molecule is CC(C)(C)c1cc2c(O)c(c1)Cc1cc(C(C)(C)C)cc3c1OCCOc1ccc(cc1)OCCOCCOCCOCCOc1ccc(cc1)OCCOc1c(cc(C(C)(C)C)cc1Cc1cc(C(C)(C)C)cc(c1O)C3)C2. The van der Waals surface area contributed by atoms with Crippen molar-refractivity contribution in [1.29, 1.82) is 0 Å². The van der Waals surface area contributed by atoms with E-state index in [1.165, 1.54) is 0 Å². The van der Waals surface area contributed by atoms with Gasteiger partial charge >= 0.3 is 0 Å². The van der Waals surface area contributed by atoms with Crippen LogP contribution < -0.4 is 28.4 Å². The van der Waals surface area contributed by atoms with Crippen molar-refractivity contribution in [1.82, 2.24) is 0 Å². The maximum absolute atomic E-state index is 12.8. The number of hydrogen-bond acceptors (Lipinski definition) is 11. The van der Waals surface area contributed by atoms with Crippen LogP contribution in [0.2, 0.25) is 0 Å². The van der Waals surface area contributed by atoms with Crippen LogP contribution in [0.3, 0.4) is 0 Å². The minimum atomic E-state index is -0.244. The first-order chi connectivity index (χ1) is 37.5. The molecule has 424 valence electrons. The van der Waals surface area contributed by atoms with Crippen molar-refractivity contribution in [2.24, 2.45) is 0 Å². The molecule has 11 heteroatoms. The molecule has 0 amide bonds. The quantitative estimate of drug-likeness (QED) is 0.151. The van der Waals surface area contributed by atoms with Gasteiger partial charge < -0.3 is 52.8 Å². The van der Waals surface area contributed by atoms with Gasteiger partial charge in [-0.15, -0.1) is 0 Å². The van der Waals surface area contributed by atoms with E-state index in [2.05, 4.69) is 132 Å². The summed E-state index contributed by atoms with van der Waals surface area (Å²) in [6.07, 6.45) is 1.58. The van der Waals surface area contributed by atoms with Crippen LogP contribution >= 0.6 is 0 Å². The molecule has 14 rings (SSSR count). The Morgan fingerprint density at radius 2 is 0.456 bits per heavy atom. The Morgan fingerprint density at radius 3 is 0.684 bits per heavy atom. The third-order valence-electron chi connectivity index (χ3n) is 14.6. The monoisotopic (exact) mass is 1080 g/mol. The highest BCUT2D eigenvalue weighted by Crippen LogP contribution is 2.44. The van der Waals surface area contributed by atoms with Crippen LogP contribution in [0.4, 0.5) is 0 Å². The summed E-state index contributed by atoms with van der Waals surface area (Å²) in [5.41, 5.74) is 10.5. The maximum Gasteiger partial charge on any atom is 0.126 e. The smallest absolute Gasteiger partial charge is 0.126 e. The lowest BCUT2D eigenvalue weighted by Crippen LogP contribution is -2.18. The summed E-state index contributed by atoms with van der Waals surface area (Å²) in [6.45, 7) is 31.2. The lowest BCUT2D eigenvalue weighted by molar-refractivity contribution is 0.00498. The summed E-state index contributed by atoms with van der Waals surface area (Å²) in [5.74, 6) is 4.73. The fraction of sp³-hybridized carbons (Fsp3) is 0.471. The first-order valence-electron chi connectivity index (χ1n) is 28.2. The maximum atomic E-state index is 12.8. The van der Waals surface area contributed by atoms with Gasteiger partial charge in [-0.05, 0) is 137 Å². The van der Waals surface area contributed by atoms with Gasteiger partial charge in [0.2, 0.25) is 0 Å². The van der Waals surface area contributed by atoms with Crippen LogP contribution in [0, 0.1) is 0 Å². The van der Waals surface area contributed by atoms with E-state index in [0.717, 1.165) is 78.3 Å². The normalized spacial score (nSPS) is 16.1. The molecule has 7 heterocycles. The van der Waals surface area contributed by atoms with Gasteiger partial charge in [-0.3, -0.25) is 0 Å². The summed E-state index contributed by atoms with van der Waals surface area (Å²) >= 11 is 0. The molecule has 6 aromatic rings. The first kappa shape index (κ1) is 58.7. The van der Waals surface area contributed by atoms with E-state index in [9.17, 15) is 10.2 Å². The zero-order chi connectivity index (χ0) is 56.5. The molecule has 0 aromatic heterocycles. The third-order valence-corrected chi connectivity index (χ3v) is 14.6. The van der Waals surface area contributed by atoms with E-state index in [4.69, 9.17) is 42.6 Å². The number of rotatable bonds is 0. The second kappa shape index (κ2) is 25.4. The molecular formula is C68H86O11. The fourth-order valence-electron chi connectivity index (χ4n) is 9.87. The first-order valence-corrected chi connectivity index (χ1v) is 28.2. The molecule has 0 spiro atoms. The van der Waals surface area contributed by atoms with Crippen molar-refractivity contribution in [2.75, 3.05) is 79.3 Å². The molecule has 8 aliphatic rings. The number of hydrogen-bond donors (Lipinski definition) is 2. The zero-order valence-corrected chi connectivity index (χ0v) is 49.1. The van der Waals surface area contributed by atoms with Gasteiger partial charge in [0.25, 0.3) is 0 Å². The molecule has 2 N–H and O–H groups in total. The Balaban J connectivity index is 1.25. The molecule has 0 saturated heterocycles. The standard InChI is InChI=1S/C68H86O11/c1-65(2,3)53-37-45-33-49-41-55(67(7,8)9)43-51-35-47-39-54(66(4,5)6)40-48(62(47)70)36-52-44-56(68(10,11)12)42-50(34-46(38-53)61(45)69)64(52)79-32-30-77-60-19-15-58(16-20-60)75-28-26-73-24-22-71-21-23-72-25-27-74-57-13-17-59(18-14-57)76-29-31-78-63(49)51/h13-20,37-44,69-70H,21-36H2,1-12H3. The van der Waals surface area contributed by atoms with Crippen molar-refractivity contribution >= 4 is 0 Å². The van der Waals surface area contributed by atoms with Gasteiger partial charge in [0.1, 0.15) is 85.6 Å². The molecule has 14 bridgehead atoms. The van der Waals surface area contributed by atoms with Crippen molar-refractivity contribution in [2.45, 2.75) is 130 Å². The van der Waals surface area contributed by atoms with E-state index < -0.39 is 0 Å². The zero-order valence-electron chi connectivity index (χ0n) is 49.1. The molecule has 1 aliphatic carbocycles. The van der Waals surface area contributed by atoms with Crippen molar-refractivity contribution < 1.29 is 52.8 Å². The van der Waals surface area contributed by atoms with Crippen LogP contribution in [0.15, 0.2) is 97.1 Å². The van der Waals surface area contributed by atoms with Gasteiger partial charge in [-0.2, -0.15) is 0 Å². The van der Waals surface area contributed by atoms with Gasteiger partial charge in [0.05, 0.1) is 39.6 Å². The highest BCUT2D eigenvalue weighted by molar-refractivity contribution is 5.59. The van der Waals surface area contributed by atoms with Crippen molar-refractivity contribution in [3.05, 3.63) is 164 Å². The van der Waals surface area contributed by atoms with Gasteiger partial charge in [0.15, 0.2) is 0 Å². The number of phenolic OH excluding ortho intramolecular Hbond substituents is 2. The second-order valence-electron chi connectivity index (χ2n) is 25.1. The average Bonchev–Trinajstić information content (AvgIpc) is 3.42. The van der Waals surface area contributed by atoms with E-state index in [0.29, 0.717) is 102 Å². The van der Waals surface area contributed by atoms with E-state index >= 15 is 0 Å². The second-order valence-corrected chi connectivity index (χ2v) is 25.1. The molecule has 0 radical (unpaired) electrons. The van der Waals surface area contributed by atoms with Crippen LogP contribution in [0.1, 0.15) is 150 Å². The molecule has 7 aliphatic heterocycles. The predicted molar refractivity (Wildman–Crippen MR) is 313 cm³/mol. The van der Waals surface area contributed by atoms with Crippen LogP contribution in [-0.4, -0.2) is 89.5 Å². The Kier molecular flexibility index (Phi) is 18.9. The largest absolute Gasteiger partial charge is 0.507 e. The number of benzene rings is 6.